The number of hydrogen-bond acceptors (Lipinski definition) is 1. The van der Waals surface area contributed by atoms with Crippen LogP contribution in [0, 0.1) is 5.92 Å². The number of hydrogen-bond donors (Lipinski definition) is 0. The van der Waals surface area contributed by atoms with Gasteiger partial charge in [-0.2, -0.15) is 0 Å². The summed E-state index contributed by atoms with van der Waals surface area (Å²) in [5.41, 5.74) is 2.47. The molecule has 76 valence electrons. The lowest BCUT2D eigenvalue weighted by Crippen LogP contribution is -2.10. The number of benzene rings is 1. The second-order valence-electron chi connectivity index (χ2n) is 3.88. The second-order valence-corrected chi connectivity index (χ2v) is 3.88. The van der Waals surface area contributed by atoms with E-state index in [1.54, 1.807) is 6.92 Å². The summed E-state index contributed by atoms with van der Waals surface area (Å²) in [6, 6.07) is 10.3. The van der Waals surface area contributed by atoms with Crippen molar-refractivity contribution in [3.05, 3.63) is 59.7 Å². The molecule has 1 heteroatoms. The first-order valence-electron chi connectivity index (χ1n) is 5.19. The van der Waals surface area contributed by atoms with Crippen LogP contribution < -0.4 is 0 Å². The van der Waals surface area contributed by atoms with Crippen molar-refractivity contribution in [2.24, 2.45) is 5.92 Å². The molecule has 0 bridgehead atoms. The first kappa shape index (κ1) is 9.91. The van der Waals surface area contributed by atoms with Crippen molar-refractivity contribution in [2.75, 3.05) is 0 Å². The average molecular weight is 198 g/mol. The average Bonchev–Trinajstić information content (AvgIpc) is 2.67. The summed E-state index contributed by atoms with van der Waals surface area (Å²) in [6.45, 7) is 1.65. The molecule has 0 heterocycles. The maximum absolute atomic E-state index is 11.4. The van der Waals surface area contributed by atoms with Crippen LogP contribution in [0.15, 0.2) is 54.1 Å². The number of Topliss-reactive ketones (excluding diaryl/α,β-unsaturated/α-hetero) is 1. The summed E-state index contributed by atoms with van der Waals surface area (Å²) in [5.74, 6) is 0.233. The molecule has 1 aromatic carbocycles. The van der Waals surface area contributed by atoms with Gasteiger partial charge in [0.1, 0.15) is 5.78 Å². The van der Waals surface area contributed by atoms with Gasteiger partial charge in [0.05, 0.1) is 5.92 Å². The molecule has 0 aliphatic heterocycles. The molecule has 1 aliphatic rings. The van der Waals surface area contributed by atoms with E-state index in [9.17, 15) is 4.79 Å². The zero-order valence-electron chi connectivity index (χ0n) is 8.81. The van der Waals surface area contributed by atoms with Crippen molar-refractivity contribution in [3.8, 4) is 0 Å². The Balaban J connectivity index is 2.11. The monoisotopic (exact) mass is 198 g/mol. The Morgan fingerprint density at radius 2 is 2.00 bits per heavy atom. The molecular weight excluding hydrogens is 184 g/mol. The molecular formula is C14H14O. The van der Waals surface area contributed by atoms with Gasteiger partial charge < -0.3 is 0 Å². The SMILES string of the molecule is CC(=O)C1C=CC=C1Cc1ccccc1. The van der Waals surface area contributed by atoms with Gasteiger partial charge in [-0.1, -0.05) is 54.1 Å². The van der Waals surface area contributed by atoms with Gasteiger partial charge in [-0.15, -0.1) is 0 Å². The summed E-state index contributed by atoms with van der Waals surface area (Å²) in [6.07, 6.45) is 6.88. The van der Waals surface area contributed by atoms with E-state index in [0.29, 0.717) is 0 Å². The normalized spacial score (nSPS) is 19.0. The molecule has 1 atom stereocenters. The van der Waals surface area contributed by atoms with E-state index in [2.05, 4.69) is 18.2 Å². The van der Waals surface area contributed by atoms with Gasteiger partial charge in [0, 0.05) is 0 Å². The Labute approximate surface area is 90.1 Å². The molecule has 15 heavy (non-hydrogen) atoms. The van der Waals surface area contributed by atoms with E-state index in [4.69, 9.17) is 0 Å². The minimum Gasteiger partial charge on any atom is -0.299 e. The maximum Gasteiger partial charge on any atom is 0.140 e. The van der Waals surface area contributed by atoms with E-state index in [0.717, 1.165) is 6.42 Å². The molecule has 0 N–H and O–H groups in total. The van der Waals surface area contributed by atoms with Crippen molar-refractivity contribution < 1.29 is 4.79 Å². The Morgan fingerprint density at radius 3 is 2.67 bits per heavy atom. The predicted octanol–water partition coefficient (Wildman–Crippen LogP) is 2.93. The molecule has 0 saturated heterocycles. The number of carbonyl (C=O) groups is 1. The van der Waals surface area contributed by atoms with Gasteiger partial charge in [0.25, 0.3) is 0 Å². The third kappa shape index (κ3) is 2.24. The molecule has 0 spiro atoms. The fourth-order valence-corrected chi connectivity index (χ4v) is 1.91. The highest BCUT2D eigenvalue weighted by atomic mass is 16.1. The predicted molar refractivity (Wildman–Crippen MR) is 61.5 cm³/mol. The lowest BCUT2D eigenvalue weighted by molar-refractivity contribution is -0.118. The fourth-order valence-electron chi connectivity index (χ4n) is 1.91. The molecule has 0 radical (unpaired) electrons. The van der Waals surface area contributed by atoms with Crippen LogP contribution in [0.5, 0.6) is 0 Å². The van der Waals surface area contributed by atoms with Crippen LogP contribution in [-0.2, 0) is 11.2 Å². The van der Waals surface area contributed by atoms with Gasteiger partial charge in [-0.3, -0.25) is 4.79 Å². The summed E-state index contributed by atoms with van der Waals surface area (Å²) in [7, 11) is 0. The zero-order chi connectivity index (χ0) is 10.7. The molecule has 1 nitrogen and oxygen atoms in total. The van der Waals surface area contributed by atoms with E-state index in [-0.39, 0.29) is 11.7 Å². The third-order valence-corrected chi connectivity index (χ3v) is 2.70. The minimum atomic E-state index is 0.00482. The van der Waals surface area contributed by atoms with Crippen molar-refractivity contribution >= 4 is 5.78 Å². The first-order chi connectivity index (χ1) is 7.27. The van der Waals surface area contributed by atoms with Crippen molar-refractivity contribution in [1.29, 1.82) is 0 Å². The number of ketones is 1. The van der Waals surface area contributed by atoms with Crippen LogP contribution in [0.2, 0.25) is 0 Å². The lowest BCUT2D eigenvalue weighted by Gasteiger charge is -2.10. The summed E-state index contributed by atoms with van der Waals surface area (Å²) >= 11 is 0. The van der Waals surface area contributed by atoms with Gasteiger partial charge >= 0.3 is 0 Å². The Hall–Kier alpha value is -1.63. The Morgan fingerprint density at radius 1 is 1.27 bits per heavy atom. The van der Waals surface area contributed by atoms with Gasteiger partial charge in [0.15, 0.2) is 0 Å². The molecule has 2 rings (SSSR count). The number of rotatable bonds is 3. The standard InChI is InChI=1S/C14H14O/c1-11(15)14-9-5-8-13(14)10-12-6-3-2-4-7-12/h2-9,14H,10H2,1H3. The molecule has 0 aromatic heterocycles. The van der Waals surface area contributed by atoms with Crippen LogP contribution in [-0.4, -0.2) is 5.78 Å². The lowest BCUT2D eigenvalue weighted by atomic mass is 9.93. The van der Waals surface area contributed by atoms with Crippen molar-refractivity contribution in [3.63, 3.8) is 0 Å². The summed E-state index contributed by atoms with van der Waals surface area (Å²) in [5, 5.41) is 0. The molecule has 1 aromatic rings. The Bertz CT molecular complexity index is 412. The van der Waals surface area contributed by atoms with Crippen LogP contribution in [0.4, 0.5) is 0 Å². The largest absolute Gasteiger partial charge is 0.299 e. The smallest absolute Gasteiger partial charge is 0.140 e. The summed E-state index contributed by atoms with van der Waals surface area (Å²) in [4.78, 5) is 11.4. The van der Waals surface area contributed by atoms with E-state index in [1.165, 1.54) is 11.1 Å². The molecule has 0 saturated carbocycles. The van der Waals surface area contributed by atoms with Crippen LogP contribution in [0.1, 0.15) is 12.5 Å². The number of allylic oxidation sites excluding steroid dienone is 4. The zero-order valence-corrected chi connectivity index (χ0v) is 8.81. The highest BCUT2D eigenvalue weighted by Crippen LogP contribution is 2.23. The third-order valence-electron chi connectivity index (χ3n) is 2.70. The van der Waals surface area contributed by atoms with Crippen LogP contribution in [0.3, 0.4) is 0 Å². The van der Waals surface area contributed by atoms with Crippen molar-refractivity contribution in [2.45, 2.75) is 13.3 Å². The van der Waals surface area contributed by atoms with Gasteiger partial charge in [0.2, 0.25) is 0 Å². The van der Waals surface area contributed by atoms with Crippen molar-refractivity contribution in [1.82, 2.24) is 0 Å². The van der Waals surface area contributed by atoms with Gasteiger partial charge in [-0.05, 0) is 18.9 Å². The first-order valence-corrected chi connectivity index (χ1v) is 5.19. The molecule has 1 aliphatic carbocycles. The molecule has 1 unspecified atom stereocenters. The maximum atomic E-state index is 11.4. The summed E-state index contributed by atoms with van der Waals surface area (Å²) < 4.78 is 0. The van der Waals surface area contributed by atoms with Crippen LogP contribution in [0.25, 0.3) is 0 Å². The van der Waals surface area contributed by atoms with E-state index < -0.39 is 0 Å². The second kappa shape index (κ2) is 4.26. The minimum absolute atomic E-state index is 0.00482. The quantitative estimate of drug-likeness (QED) is 0.729. The fraction of sp³-hybridized carbons (Fsp3) is 0.214. The van der Waals surface area contributed by atoms with Gasteiger partial charge in [-0.25, -0.2) is 0 Å². The highest BCUT2D eigenvalue weighted by Gasteiger charge is 2.18. The topological polar surface area (TPSA) is 17.1 Å². The number of carbonyl (C=O) groups excluding carboxylic acids is 1. The van der Waals surface area contributed by atoms with E-state index >= 15 is 0 Å². The van der Waals surface area contributed by atoms with E-state index in [1.807, 2.05) is 30.4 Å². The van der Waals surface area contributed by atoms with Crippen LogP contribution >= 0.6 is 0 Å². The molecule has 0 fully saturated rings. The highest BCUT2D eigenvalue weighted by molar-refractivity contribution is 5.84. The Kier molecular flexibility index (Phi) is 2.82. The molecule has 0 amide bonds.